The fourth-order valence-electron chi connectivity index (χ4n) is 2.30. The second-order valence-electron chi connectivity index (χ2n) is 4.83. The average Bonchev–Trinajstić information content (AvgIpc) is 2.84. The summed E-state index contributed by atoms with van der Waals surface area (Å²) in [6.45, 7) is 3.86. The number of nitrogens with zero attached hydrogens (tertiary/aromatic N) is 1. The highest BCUT2D eigenvalue weighted by Gasteiger charge is 2.21. The zero-order valence-corrected chi connectivity index (χ0v) is 12.5. The molecular formula is C14H19N3O2S. The number of ether oxygens (including phenoxy) is 1. The maximum Gasteiger partial charge on any atom is 0.328 e. The molecule has 0 saturated heterocycles. The molecule has 0 radical (unpaired) electrons. The molecule has 1 aliphatic rings. The van der Waals surface area contributed by atoms with Crippen LogP contribution in [0.1, 0.15) is 37.1 Å². The van der Waals surface area contributed by atoms with Gasteiger partial charge in [0.15, 0.2) is 0 Å². The minimum atomic E-state index is -0.491. The Bertz CT molecular complexity index is 545. The van der Waals surface area contributed by atoms with Crippen molar-refractivity contribution >= 4 is 29.0 Å². The Labute approximate surface area is 123 Å². The number of carbonyl (C=O) groups excluding carboxylic acids is 1. The Morgan fingerprint density at radius 2 is 2.35 bits per heavy atom. The van der Waals surface area contributed by atoms with Gasteiger partial charge in [-0.2, -0.15) is 0 Å². The van der Waals surface area contributed by atoms with Gasteiger partial charge < -0.3 is 15.8 Å². The molecule has 5 nitrogen and oxygen atoms in total. The number of nitrogens with two attached hydrogens (primary N) is 1. The molecule has 6 heteroatoms. The third-order valence-electron chi connectivity index (χ3n) is 3.31. The first kappa shape index (κ1) is 14.7. The van der Waals surface area contributed by atoms with Gasteiger partial charge >= 0.3 is 5.97 Å². The Hall–Kier alpha value is -1.69. The molecule has 20 heavy (non-hydrogen) atoms. The molecule has 0 saturated carbocycles. The number of aryl methyl sites for hydroxylation is 2. The number of thiocarbonyl (C=S) groups is 1. The number of pyridine rings is 1. The lowest BCUT2D eigenvalue weighted by Crippen LogP contribution is -2.30. The minimum Gasteiger partial charge on any atom is -0.464 e. The summed E-state index contributed by atoms with van der Waals surface area (Å²) in [5.41, 5.74) is 8.70. The fraction of sp³-hybridized carbons (Fsp3) is 0.500. The third-order valence-corrected chi connectivity index (χ3v) is 3.53. The van der Waals surface area contributed by atoms with Gasteiger partial charge in [0.05, 0.1) is 12.2 Å². The molecule has 108 valence electrons. The molecule has 0 bridgehead atoms. The van der Waals surface area contributed by atoms with Gasteiger partial charge in [-0.05, 0) is 44.7 Å². The second-order valence-corrected chi connectivity index (χ2v) is 5.27. The standard InChI is InChI=1S/C14H19N3O2S/c1-3-19-14(18)8(2)16-13-10(12(15)20)7-9-5-4-6-11(9)17-13/h7-8H,3-6H2,1-2H3,(H2,15,20)(H,16,17). The summed E-state index contributed by atoms with van der Waals surface area (Å²) in [6.07, 6.45) is 3.05. The van der Waals surface area contributed by atoms with Gasteiger partial charge in [-0.1, -0.05) is 12.2 Å². The van der Waals surface area contributed by atoms with Crippen molar-refractivity contribution in [3.8, 4) is 0 Å². The van der Waals surface area contributed by atoms with Crippen molar-refractivity contribution in [2.45, 2.75) is 39.2 Å². The van der Waals surface area contributed by atoms with Gasteiger partial charge in [0.2, 0.25) is 0 Å². The van der Waals surface area contributed by atoms with E-state index < -0.39 is 6.04 Å². The normalized spacial score (nSPS) is 14.5. The van der Waals surface area contributed by atoms with Crippen molar-refractivity contribution in [2.75, 3.05) is 11.9 Å². The zero-order chi connectivity index (χ0) is 14.7. The fourth-order valence-corrected chi connectivity index (χ4v) is 2.46. The average molecular weight is 293 g/mol. The number of fused-ring (bicyclic) bond motifs is 1. The molecule has 1 aromatic rings. The van der Waals surface area contributed by atoms with E-state index in [1.54, 1.807) is 13.8 Å². The predicted molar refractivity (Wildman–Crippen MR) is 81.9 cm³/mol. The molecule has 1 aliphatic carbocycles. The van der Waals surface area contributed by atoms with Crippen molar-refractivity contribution in [2.24, 2.45) is 5.73 Å². The number of hydrogen-bond donors (Lipinski definition) is 2. The van der Waals surface area contributed by atoms with Gasteiger partial charge in [-0.15, -0.1) is 0 Å². The lowest BCUT2D eigenvalue weighted by atomic mass is 10.1. The van der Waals surface area contributed by atoms with Gasteiger partial charge in [-0.25, -0.2) is 9.78 Å². The largest absolute Gasteiger partial charge is 0.464 e. The van der Waals surface area contributed by atoms with E-state index >= 15 is 0 Å². The summed E-state index contributed by atoms with van der Waals surface area (Å²) in [7, 11) is 0. The van der Waals surface area contributed by atoms with Crippen LogP contribution in [-0.4, -0.2) is 28.6 Å². The summed E-state index contributed by atoms with van der Waals surface area (Å²) < 4.78 is 4.98. The first-order valence-corrected chi connectivity index (χ1v) is 7.19. The van der Waals surface area contributed by atoms with E-state index in [9.17, 15) is 4.79 Å². The maximum absolute atomic E-state index is 11.7. The first-order valence-electron chi connectivity index (χ1n) is 6.78. The van der Waals surface area contributed by atoms with Crippen LogP contribution in [0.4, 0.5) is 5.82 Å². The van der Waals surface area contributed by atoms with Crippen molar-refractivity contribution in [1.82, 2.24) is 4.98 Å². The minimum absolute atomic E-state index is 0.283. The van der Waals surface area contributed by atoms with E-state index in [-0.39, 0.29) is 11.0 Å². The molecule has 0 aromatic carbocycles. The third kappa shape index (κ3) is 3.07. The van der Waals surface area contributed by atoms with Crippen LogP contribution in [-0.2, 0) is 22.4 Å². The van der Waals surface area contributed by atoms with Crippen molar-refractivity contribution < 1.29 is 9.53 Å². The molecule has 0 fully saturated rings. The number of anilines is 1. The Morgan fingerprint density at radius 1 is 1.60 bits per heavy atom. The molecule has 2 rings (SSSR count). The van der Waals surface area contributed by atoms with E-state index in [0.717, 1.165) is 25.0 Å². The van der Waals surface area contributed by atoms with Crippen LogP contribution < -0.4 is 11.1 Å². The van der Waals surface area contributed by atoms with Gasteiger partial charge in [0.1, 0.15) is 16.8 Å². The molecule has 1 heterocycles. The van der Waals surface area contributed by atoms with Crippen LogP contribution in [0.5, 0.6) is 0 Å². The van der Waals surface area contributed by atoms with Gasteiger partial charge in [0.25, 0.3) is 0 Å². The number of aromatic nitrogens is 1. The SMILES string of the molecule is CCOC(=O)C(C)Nc1nc2c(cc1C(N)=S)CCC2. The first-order chi connectivity index (χ1) is 9.52. The quantitative estimate of drug-likeness (QED) is 0.634. The lowest BCUT2D eigenvalue weighted by Gasteiger charge is -2.17. The molecule has 1 unspecified atom stereocenters. The summed E-state index contributed by atoms with van der Waals surface area (Å²) in [5, 5.41) is 3.05. The molecule has 1 aromatic heterocycles. The highest BCUT2D eigenvalue weighted by atomic mass is 32.1. The Kier molecular flexibility index (Phi) is 4.54. The van der Waals surface area contributed by atoms with Crippen LogP contribution in [0.2, 0.25) is 0 Å². The molecule has 0 spiro atoms. The summed E-state index contributed by atoms with van der Waals surface area (Å²) >= 11 is 5.07. The summed E-state index contributed by atoms with van der Waals surface area (Å²) in [5.74, 6) is 0.252. The highest BCUT2D eigenvalue weighted by molar-refractivity contribution is 7.80. The molecular weight excluding hydrogens is 274 g/mol. The Balaban J connectivity index is 2.26. The molecule has 0 amide bonds. The van der Waals surface area contributed by atoms with Gasteiger partial charge in [-0.3, -0.25) is 0 Å². The van der Waals surface area contributed by atoms with E-state index in [2.05, 4.69) is 10.3 Å². The Morgan fingerprint density at radius 3 is 3.00 bits per heavy atom. The van der Waals surface area contributed by atoms with Crippen molar-refractivity contribution in [3.63, 3.8) is 0 Å². The van der Waals surface area contributed by atoms with Crippen LogP contribution >= 0.6 is 12.2 Å². The molecule has 3 N–H and O–H groups in total. The van der Waals surface area contributed by atoms with Crippen LogP contribution in [0.3, 0.4) is 0 Å². The van der Waals surface area contributed by atoms with E-state index in [4.69, 9.17) is 22.7 Å². The molecule has 1 atom stereocenters. The summed E-state index contributed by atoms with van der Waals surface area (Å²) in [6, 6.07) is 1.49. The number of nitrogens with one attached hydrogen (secondary N) is 1. The number of hydrogen-bond acceptors (Lipinski definition) is 5. The monoisotopic (exact) mass is 293 g/mol. The number of rotatable bonds is 5. The van der Waals surface area contributed by atoms with E-state index in [1.165, 1.54) is 5.56 Å². The van der Waals surface area contributed by atoms with Crippen LogP contribution in [0.25, 0.3) is 0 Å². The van der Waals surface area contributed by atoms with Crippen molar-refractivity contribution in [3.05, 3.63) is 22.9 Å². The van der Waals surface area contributed by atoms with E-state index in [1.807, 2.05) is 6.07 Å². The second kappa shape index (κ2) is 6.17. The van der Waals surface area contributed by atoms with E-state index in [0.29, 0.717) is 18.0 Å². The smallest absolute Gasteiger partial charge is 0.328 e. The predicted octanol–water partition coefficient (Wildman–Crippen LogP) is 1.57. The summed E-state index contributed by atoms with van der Waals surface area (Å²) in [4.78, 5) is 16.5. The van der Waals surface area contributed by atoms with Crippen molar-refractivity contribution in [1.29, 1.82) is 0 Å². The maximum atomic E-state index is 11.7. The van der Waals surface area contributed by atoms with Crippen LogP contribution in [0.15, 0.2) is 6.07 Å². The number of carbonyl (C=O) groups is 1. The lowest BCUT2D eigenvalue weighted by molar-refractivity contribution is -0.143. The van der Waals surface area contributed by atoms with Gasteiger partial charge in [0, 0.05) is 5.69 Å². The molecule has 0 aliphatic heterocycles. The van der Waals surface area contributed by atoms with Crippen LogP contribution in [0, 0.1) is 0 Å². The highest BCUT2D eigenvalue weighted by Crippen LogP contribution is 2.25. The zero-order valence-electron chi connectivity index (χ0n) is 11.7. The topological polar surface area (TPSA) is 77.2 Å². The number of esters is 1.